The number of hydrogen-bond acceptors (Lipinski definition) is 9. The lowest BCUT2D eigenvalue weighted by Gasteiger charge is -2.22. The number of anilines is 1. The van der Waals surface area contributed by atoms with Gasteiger partial charge in [0.1, 0.15) is 12.7 Å². The standard InChI is InChI=1S/C13H23N6O4P/c1-9(2)22-24(20,23-10(3)4)8-21-6-5-19-17-11-12(14)15-7-16-13(11)18-19/h7,9-10H,5-6,8H2,1-4H3,(H2,14,15,16,18). The molecule has 0 aliphatic rings. The number of ether oxygens (including phenoxy) is 1. The van der Waals surface area contributed by atoms with E-state index in [2.05, 4.69) is 20.2 Å². The van der Waals surface area contributed by atoms with Crippen LogP contribution in [-0.4, -0.2) is 50.1 Å². The van der Waals surface area contributed by atoms with E-state index in [4.69, 9.17) is 19.5 Å². The van der Waals surface area contributed by atoms with Gasteiger partial charge >= 0.3 is 7.60 Å². The van der Waals surface area contributed by atoms with Gasteiger partial charge in [-0.15, -0.1) is 10.2 Å². The fourth-order valence-electron chi connectivity index (χ4n) is 1.95. The summed E-state index contributed by atoms with van der Waals surface area (Å²) in [6.45, 7) is 7.75. The predicted molar refractivity (Wildman–Crippen MR) is 88.4 cm³/mol. The summed E-state index contributed by atoms with van der Waals surface area (Å²) in [5.74, 6) is 0.271. The number of nitrogens with two attached hydrogens (primary N) is 1. The summed E-state index contributed by atoms with van der Waals surface area (Å²) in [4.78, 5) is 9.25. The molecule has 0 aromatic carbocycles. The molecule has 0 spiro atoms. The third kappa shape index (κ3) is 5.20. The second-order valence-electron chi connectivity index (χ2n) is 5.68. The molecule has 2 aromatic heterocycles. The van der Waals surface area contributed by atoms with Gasteiger partial charge in [0, 0.05) is 0 Å². The molecule has 2 N–H and O–H groups in total. The Labute approximate surface area is 140 Å². The molecule has 2 rings (SSSR count). The lowest BCUT2D eigenvalue weighted by molar-refractivity contribution is 0.0938. The summed E-state index contributed by atoms with van der Waals surface area (Å²) in [6, 6.07) is 0. The average molecular weight is 358 g/mol. The van der Waals surface area contributed by atoms with Crippen molar-refractivity contribution in [3.05, 3.63) is 6.33 Å². The third-order valence-electron chi connectivity index (χ3n) is 2.68. The molecule has 2 heterocycles. The SMILES string of the molecule is CC(C)OP(=O)(COCCn1nc2ncnc(N)c2n1)OC(C)C. The van der Waals surface area contributed by atoms with Crippen molar-refractivity contribution in [1.29, 1.82) is 0 Å². The fourth-order valence-corrected chi connectivity index (χ4v) is 3.76. The maximum absolute atomic E-state index is 12.6. The molecular formula is C13H23N6O4P. The summed E-state index contributed by atoms with van der Waals surface area (Å²) in [5.41, 5.74) is 6.56. The van der Waals surface area contributed by atoms with Gasteiger partial charge in [-0.1, -0.05) is 0 Å². The number of nitrogens with zero attached hydrogens (tertiary/aromatic N) is 5. The molecule has 11 heteroatoms. The summed E-state index contributed by atoms with van der Waals surface area (Å²) in [6.07, 6.45) is 0.748. The van der Waals surface area contributed by atoms with Gasteiger partial charge < -0.3 is 19.5 Å². The summed E-state index contributed by atoms with van der Waals surface area (Å²) in [5, 5.41) is 8.35. The van der Waals surface area contributed by atoms with Crippen molar-refractivity contribution in [3.63, 3.8) is 0 Å². The van der Waals surface area contributed by atoms with E-state index in [0.717, 1.165) is 0 Å². The van der Waals surface area contributed by atoms with Crippen LogP contribution in [0.4, 0.5) is 5.82 Å². The van der Waals surface area contributed by atoms with Crippen LogP contribution in [-0.2, 0) is 24.9 Å². The van der Waals surface area contributed by atoms with Crippen molar-refractivity contribution < 1.29 is 18.3 Å². The molecule has 134 valence electrons. The monoisotopic (exact) mass is 358 g/mol. The van der Waals surface area contributed by atoms with Crippen molar-refractivity contribution in [2.45, 2.75) is 46.4 Å². The Kier molecular flexibility index (Phi) is 6.22. The Morgan fingerprint density at radius 3 is 2.42 bits per heavy atom. The normalized spacial score (nSPS) is 12.6. The minimum absolute atomic E-state index is 0.133. The highest BCUT2D eigenvalue weighted by atomic mass is 31.2. The van der Waals surface area contributed by atoms with Gasteiger partial charge in [-0.2, -0.15) is 4.80 Å². The lowest BCUT2D eigenvalue weighted by Crippen LogP contribution is -2.14. The maximum Gasteiger partial charge on any atom is 0.356 e. The third-order valence-corrected chi connectivity index (χ3v) is 4.67. The van der Waals surface area contributed by atoms with E-state index in [0.29, 0.717) is 17.7 Å². The maximum atomic E-state index is 12.6. The Morgan fingerprint density at radius 2 is 1.83 bits per heavy atom. The molecule has 24 heavy (non-hydrogen) atoms. The van der Waals surface area contributed by atoms with Gasteiger partial charge in [0.25, 0.3) is 0 Å². The van der Waals surface area contributed by atoms with E-state index in [-0.39, 0.29) is 31.0 Å². The summed E-state index contributed by atoms with van der Waals surface area (Å²) < 4.78 is 28.8. The molecule has 0 amide bonds. The first kappa shape index (κ1) is 18.7. The number of nitrogen functional groups attached to an aromatic ring is 1. The molecular weight excluding hydrogens is 335 g/mol. The van der Waals surface area contributed by atoms with Gasteiger partial charge in [0.15, 0.2) is 11.3 Å². The van der Waals surface area contributed by atoms with E-state index < -0.39 is 7.60 Å². The van der Waals surface area contributed by atoms with E-state index in [1.54, 1.807) is 27.7 Å². The fraction of sp³-hybridized carbons (Fsp3) is 0.692. The largest absolute Gasteiger partial charge is 0.382 e. The smallest absolute Gasteiger partial charge is 0.356 e. The van der Waals surface area contributed by atoms with Crippen LogP contribution in [0.2, 0.25) is 0 Å². The quantitative estimate of drug-likeness (QED) is 0.527. The Balaban J connectivity index is 1.89. The van der Waals surface area contributed by atoms with Crippen LogP contribution in [0.5, 0.6) is 0 Å². The van der Waals surface area contributed by atoms with Crippen LogP contribution in [0.25, 0.3) is 11.2 Å². The number of hydrogen-bond donors (Lipinski definition) is 1. The molecule has 0 unspecified atom stereocenters. The molecule has 0 atom stereocenters. The number of rotatable bonds is 9. The molecule has 0 radical (unpaired) electrons. The Bertz CT molecular complexity index is 706. The molecule has 0 bridgehead atoms. The van der Waals surface area contributed by atoms with Crippen molar-refractivity contribution in [1.82, 2.24) is 25.0 Å². The summed E-state index contributed by atoms with van der Waals surface area (Å²) in [7, 11) is -3.30. The van der Waals surface area contributed by atoms with Crippen LogP contribution in [0.1, 0.15) is 27.7 Å². The van der Waals surface area contributed by atoms with Crippen LogP contribution in [0.3, 0.4) is 0 Å². The van der Waals surface area contributed by atoms with Crippen LogP contribution >= 0.6 is 7.60 Å². The minimum atomic E-state index is -3.30. The minimum Gasteiger partial charge on any atom is -0.382 e. The Hall–Kier alpha value is -1.61. The molecule has 10 nitrogen and oxygen atoms in total. The molecule has 0 saturated carbocycles. The zero-order valence-corrected chi connectivity index (χ0v) is 15.1. The van der Waals surface area contributed by atoms with E-state index in [1.165, 1.54) is 11.1 Å². The van der Waals surface area contributed by atoms with Crippen molar-refractivity contribution in [2.24, 2.45) is 0 Å². The highest BCUT2D eigenvalue weighted by Gasteiger charge is 2.28. The number of aromatic nitrogens is 5. The Morgan fingerprint density at radius 1 is 1.17 bits per heavy atom. The molecule has 0 fully saturated rings. The van der Waals surface area contributed by atoms with Gasteiger partial charge in [-0.3, -0.25) is 4.57 Å². The van der Waals surface area contributed by atoms with Crippen LogP contribution in [0.15, 0.2) is 6.33 Å². The van der Waals surface area contributed by atoms with Crippen molar-refractivity contribution in [3.8, 4) is 0 Å². The van der Waals surface area contributed by atoms with Gasteiger partial charge in [0.2, 0.25) is 5.65 Å². The van der Waals surface area contributed by atoms with E-state index in [1.807, 2.05) is 0 Å². The molecule has 0 aliphatic carbocycles. The van der Waals surface area contributed by atoms with Gasteiger partial charge in [-0.05, 0) is 27.7 Å². The van der Waals surface area contributed by atoms with E-state index >= 15 is 0 Å². The van der Waals surface area contributed by atoms with Crippen molar-refractivity contribution >= 4 is 24.6 Å². The second kappa shape index (κ2) is 7.98. The average Bonchev–Trinajstić information content (AvgIpc) is 2.86. The highest BCUT2D eigenvalue weighted by molar-refractivity contribution is 7.53. The van der Waals surface area contributed by atoms with Crippen LogP contribution < -0.4 is 5.73 Å². The van der Waals surface area contributed by atoms with E-state index in [9.17, 15) is 4.57 Å². The van der Waals surface area contributed by atoms with Crippen LogP contribution in [0, 0.1) is 0 Å². The number of fused-ring (bicyclic) bond motifs is 1. The first-order chi connectivity index (χ1) is 11.3. The van der Waals surface area contributed by atoms with Gasteiger partial charge in [0.05, 0.1) is 25.4 Å². The molecule has 0 saturated heterocycles. The summed E-state index contributed by atoms with van der Waals surface area (Å²) >= 11 is 0. The highest BCUT2D eigenvalue weighted by Crippen LogP contribution is 2.50. The molecule has 0 aliphatic heterocycles. The first-order valence-electron chi connectivity index (χ1n) is 7.64. The molecule has 2 aromatic rings. The predicted octanol–water partition coefficient (Wildman–Crippen LogP) is 1.82. The zero-order chi connectivity index (χ0) is 17.7. The lowest BCUT2D eigenvalue weighted by atomic mass is 10.5. The zero-order valence-electron chi connectivity index (χ0n) is 14.2. The second-order valence-corrected chi connectivity index (χ2v) is 7.59. The first-order valence-corrected chi connectivity index (χ1v) is 9.37. The topological polar surface area (TPSA) is 127 Å². The van der Waals surface area contributed by atoms with Crippen molar-refractivity contribution in [2.75, 3.05) is 18.7 Å². The van der Waals surface area contributed by atoms with Gasteiger partial charge in [-0.25, -0.2) is 9.97 Å².